The van der Waals surface area contributed by atoms with Crippen LogP contribution in [-0.4, -0.2) is 36.7 Å². The Bertz CT molecular complexity index is 1030. The topological polar surface area (TPSA) is 62.8 Å². The highest BCUT2D eigenvalue weighted by Crippen LogP contribution is 2.36. The molecule has 0 aliphatic carbocycles. The molecule has 1 saturated heterocycles. The molecule has 2 amide bonds. The molecule has 0 unspecified atom stereocenters. The number of aryl methyl sites for hydroxylation is 1. The number of piperidine rings is 1. The van der Waals surface area contributed by atoms with E-state index in [0.29, 0.717) is 13.1 Å². The van der Waals surface area contributed by atoms with Crippen molar-refractivity contribution in [2.24, 2.45) is 0 Å². The van der Waals surface area contributed by atoms with Gasteiger partial charge in [0, 0.05) is 37.2 Å². The quantitative estimate of drug-likeness (QED) is 0.692. The number of benzene rings is 2. The van der Waals surface area contributed by atoms with Gasteiger partial charge in [0.15, 0.2) is 0 Å². The van der Waals surface area contributed by atoms with Gasteiger partial charge in [-0.1, -0.05) is 51.1 Å². The Morgan fingerprint density at radius 1 is 1.16 bits per heavy atom. The number of carbonyl (C=O) groups is 1. The zero-order valence-electron chi connectivity index (χ0n) is 19.6. The summed E-state index contributed by atoms with van der Waals surface area (Å²) in [4.78, 5) is 21.0. The van der Waals surface area contributed by atoms with E-state index in [2.05, 4.69) is 43.7 Å². The number of hydrogen-bond donors (Lipinski definition) is 2. The van der Waals surface area contributed by atoms with E-state index in [0.717, 1.165) is 46.7 Å². The fraction of sp³-hybridized carbons (Fsp3) is 0.423. The van der Waals surface area contributed by atoms with Crippen LogP contribution in [-0.2, 0) is 10.3 Å². The van der Waals surface area contributed by atoms with Gasteiger partial charge in [-0.2, -0.15) is 0 Å². The van der Waals surface area contributed by atoms with Gasteiger partial charge in [-0.25, -0.2) is 4.79 Å². The van der Waals surface area contributed by atoms with Crippen molar-refractivity contribution in [1.29, 1.82) is 0 Å². The zero-order valence-corrected chi connectivity index (χ0v) is 19.6. The summed E-state index contributed by atoms with van der Waals surface area (Å²) in [5.41, 5.74) is 7.75. The number of anilines is 1. The number of likely N-dealkylation sites (tertiary alicyclic amines) is 1. The summed E-state index contributed by atoms with van der Waals surface area (Å²) in [5.74, 6) is 0.809. The van der Waals surface area contributed by atoms with Gasteiger partial charge in [-0.3, -0.25) is 10.3 Å². The molecule has 1 spiro atoms. The lowest BCUT2D eigenvalue weighted by atomic mass is 9.84. The molecule has 170 valence electrons. The molecule has 6 heteroatoms. The monoisotopic (exact) mass is 435 g/mol. The fourth-order valence-electron chi connectivity index (χ4n) is 4.39. The van der Waals surface area contributed by atoms with Crippen LogP contribution in [0.1, 0.15) is 50.3 Å². The Morgan fingerprint density at radius 2 is 1.88 bits per heavy atom. The van der Waals surface area contributed by atoms with Crippen LogP contribution in [0, 0.1) is 6.92 Å². The van der Waals surface area contributed by atoms with Crippen LogP contribution in [0.3, 0.4) is 0 Å². The van der Waals surface area contributed by atoms with Gasteiger partial charge >= 0.3 is 6.03 Å². The Kier molecular flexibility index (Phi) is 5.91. The molecule has 2 N–H and O–H groups in total. The van der Waals surface area contributed by atoms with Gasteiger partial charge in [0.1, 0.15) is 11.4 Å². The number of carbonyl (C=O) groups excluding carboxylic acids is 1. The first-order valence-electron chi connectivity index (χ1n) is 11.2. The SMILES string of the molecule is COc1cccc(C2=CC3(CCN(C(=O)Nc4c(C)cccc4C(C)(C)C)CC3)ON2)c1. The fourth-order valence-corrected chi connectivity index (χ4v) is 4.39. The van der Waals surface area contributed by atoms with Gasteiger partial charge < -0.3 is 15.0 Å². The molecule has 6 nitrogen and oxygen atoms in total. The second-order valence-corrected chi connectivity index (χ2v) is 9.72. The normalized spacial score (nSPS) is 17.7. The van der Waals surface area contributed by atoms with E-state index >= 15 is 0 Å². The second kappa shape index (κ2) is 8.51. The summed E-state index contributed by atoms with van der Waals surface area (Å²) in [6.07, 6.45) is 3.62. The Balaban J connectivity index is 1.43. The number of hydroxylamine groups is 1. The molecule has 0 aromatic heterocycles. The van der Waals surface area contributed by atoms with Gasteiger partial charge in [0.05, 0.1) is 12.8 Å². The van der Waals surface area contributed by atoms with Crippen LogP contribution in [0.5, 0.6) is 5.75 Å². The van der Waals surface area contributed by atoms with Gasteiger partial charge in [-0.05, 0) is 41.7 Å². The van der Waals surface area contributed by atoms with Crippen molar-refractivity contribution in [2.75, 3.05) is 25.5 Å². The van der Waals surface area contributed by atoms with Crippen molar-refractivity contribution in [3.8, 4) is 5.75 Å². The van der Waals surface area contributed by atoms with E-state index in [4.69, 9.17) is 9.57 Å². The third kappa shape index (κ3) is 4.46. The summed E-state index contributed by atoms with van der Waals surface area (Å²) in [6, 6.07) is 14.0. The van der Waals surface area contributed by atoms with Crippen molar-refractivity contribution >= 4 is 17.4 Å². The Morgan fingerprint density at radius 3 is 2.56 bits per heavy atom. The van der Waals surface area contributed by atoms with Crippen LogP contribution in [0.2, 0.25) is 0 Å². The molecule has 0 radical (unpaired) electrons. The molecule has 2 aromatic rings. The summed E-state index contributed by atoms with van der Waals surface area (Å²) < 4.78 is 5.33. The van der Waals surface area contributed by atoms with Gasteiger partial charge in [-0.15, -0.1) is 0 Å². The lowest BCUT2D eigenvalue weighted by Gasteiger charge is -2.37. The number of nitrogens with one attached hydrogen (secondary N) is 2. The molecule has 2 aromatic carbocycles. The number of hydrogen-bond acceptors (Lipinski definition) is 4. The standard InChI is InChI=1S/C26H33N3O3/c1-18-8-6-11-21(25(2,3)4)23(18)27-24(30)29-14-12-26(13-15-29)17-22(28-32-26)19-9-7-10-20(16-19)31-5/h6-11,16-17,28H,12-15H2,1-5H3,(H,27,30). The Hall–Kier alpha value is -2.99. The maximum atomic E-state index is 13.1. The highest BCUT2D eigenvalue weighted by molar-refractivity contribution is 5.91. The van der Waals surface area contributed by atoms with Crippen LogP contribution in [0.15, 0.2) is 48.5 Å². The number of methoxy groups -OCH3 is 1. The largest absolute Gasteiger partial charge is 0.497 e. The number of ether oxygens (including phenoxy) is 1. The molecular formula is C26H33N3O3. The highest BCUT2D eigenvalue weighted by atomic mass is 16.7. The third-order valence-corrected chi connectivity index (χ3v) is 6.36. The number of nitrogens with zero attached hydrogens (tertiary/aromatic N) is 1. The number of urea groups is 1. The maximum Gasteiger partial charge on any atom is 0.321 e. The minimum Gasteiger partial charge on any atom is -0.497 e. The van der Waals surface area contributed by atoms with Crippen molar-refractivity contribution in [3.63, 3.8) is 0 Å². The molecule has 2 aliphatic rings. The zero-order chi connectivity index (χ0) is 22.9. The molecule has 32 heavy (non-hydrogen) atoms. The van der Waals surface area contributed by atoms with Crippen LogP contribution in [0.4, 0.5) is 10.5 Å². The summed E-state index contributed by atoms with van der Waals surface area (Å²) in [5, 5.41) is 3.18. The maximum absolute atomic E-state index is 13.1. The van der Waals surface area contributed by atoms with Crippen molar-refractivity contribution < 1.29 is 14.4 Å². The molecular weight excluding hydrogens is 402 g/mol. The summed E-state index contributed by atoms with van der Waals surface area (Å²) in [6.45, 7) is 9.80. The number of para-hydroxylation sites is 1. The van der Waals surface area contributed by atoms with Crippen molar-refractivity contribution in [2.45, 2.75) is 51.6 Å². The number of rotatable bonds is 3. The molecule has 4 rings (SSSR count). The molecule has 2 aliphatic heterocycles. The first-order chi connectivity index (χ1) is 15.2. The number of amides is 2. The predicted molar refractivity (Wildman–Crippen MR) is 128 cm³/mol. The molecule has 0 bridgehead atoms. The Labute approximate surface area is 190 Å². The lowest BCUT2D eigenvalue weighted by molar-refractivity contribution is -0.0634. The van der Waals surface area contributed by atoms with E-state index in [1.54, 1.807) is 7.11 Å². The van der Waals surface area contributed by atoms with Crippen LogP contribution in [0.25, 0.3) is 5.70 Å². The van der Waals surface area contributed by atoms with Crippen LogP contribution < -0.4 is 15.5 Å². The van der Waals surface area contributed by atoms with E-state index in [-0.39, 0.29) is 11.4 Å². The minimum absolute atomic E-state index is 0.0503. The van der Waals surface area contributed by atoms with Crippen molar-refractivity contribution in [3.05, 3.63) is 65.2 Å². The predicted octanol–water partition coefficient (Wildman–Crippen LogP) is 5.24. The average Bonchev–Trinajstić information content (AvgIpc) is 3.18. The average molecular weight is 436 g/mol. The van der Waals surface area contributed by atoms with E-state index in [9.17, 15) is 4.79 Å². The van der Waals surface area contributed by atoms with Gasteiger partial charge in [0.2, 0.25) is 0 Å². The van der Waals surface area contributed by atoms with Crippen molar-refractivity contribution in [1.82, 2.24) is 10.4 Å². The molecule has 1 fully saturated rings. The first-order valence-corrected chi connectivity index (χ1v) is 11.2. The highest BCUT2D eigenvalue weighted by Gasteiger charge is 2.40. The van der Waals surface area contributed by atoms with E-state index in [1.807, 2.05) is 48.2 Å². The third-order valence-electron chi connectivity index (χ3n) is 6.36. The van der Waals surface area contributed by atoms with Gasteiger partial charge in [0.25, 0.3) is 0 Å². The lowest BCUT2D eigenvalue weighted by Crippen LogP contribution is -2.48. The summed E-state index contributed by atoms with van der Waals surface area (Å²) >= 11 is 0. The minimum atomic E-state index is -0.394. The van der Waals surface area contributed by atoms with E-state index in [1.165, 1.54) is 0 Å². The smallest absolute Gasteiger partial charge is 0.321 e. The molecule has 2 heterocycles. The van der Waals surface area contributed by atoms with E-state index < -0.39 is 5.60 Å². The van der Waals surface area contributed by atoms with Crippen LogP contribution >= 0.6 is 0 Å². The second-order valence-electron chi connectivity index (χ2n) is 9.72. The molecule has 0 atom stereocenters. The molecule has 0 saturated carbocycles. The first kappa shape index (κ1) is 22.2. The summed E-state index contributed by atoms with van der Waals surface area (Å²) in [7, 11) is 1.66.